The summed E-state index contributed by atoms with van der Waals surface area (Å²) in [6.07, 6.45) is 1.04. The van der Waals surface area contributed by atoms with E-state index in [2.05, 4.69) is 24.1 Å². The van der Waals surface area contributed by atoms with Crippen LogP contribution in [0.2, 0.25) is 0 Å². The number of rotatable bonds is 6. The van der Waals surface area contributed by atoms with E-state index in [1.54, 1.807) is 15.3 Å². The molecule has 1 spiro atoms. The highest BCUT2D eigenvalue weighted by molar-refractivity contribution is 7.11. The highest BCUT2D eigenvalue weighted by atomic mass is 32.1. The molecule has 1 aliphatic carbocycles. The van der Waals surface area contributed by atoms with E-state index in [0.29, 0.717) is 24.5 Å². The Kier molecular flexibility index (Phi) is 5.52. The fourth-order valence-corrected chi connectivity index (χ4v) is 5.49. The number of aliphatic hydroxyl groups is 1. The lowest BCUT2D eigenvalue weighted by molar-refractivity contribution is -0.153. The number of carboxylic acids is 1. The molecule has 1 aromatic heterocycles. The third kappa shape index (κ3) is 3.88. The van der Waals surface area contributed by atoms with Crippen LogP contribution >= 0.6 is 11.3 Å². The Morgan fingerprint density at radius 2 is 1.81 bits per heavy atom. The van der Waals surface area contributed by atoms with Crippen molar-refractivity contribution in [3.05, 3.63) is 16.6 Å². The van der Waals surface area contributed by atoms with Gasteiger partial charge >= 0.3 is 5.97 Å². The van der Waals surface area contributed by atoms with Crippen molar-refractivity contribution in [2.24, 2.45) is 22.7 Å². The number of aliphatic carboxylic acids is 1. The molecule has 3 amide bonds. The number of carbonyl (C=O) groups is 4. The van der Waals surface area contributed by atoms with E-state index in [0.717, 1.165) is 6.42 Å². The smallest absolute Gasteiger partial charge is 0.328 e. The summed E-state index contributed by atoms with van der Waals surface area (Å²) < 4.78 is 0. The second-order valence-electron chi connectivity index (χ2n) is 9.97. The number of aliphatic hydroxyl groups excluding tert-OH is 1. The molecule has 2 saturated heterocycles. The van der Waals surface area contributed by atoms with Gasteiger partial charge in [0.15, 0.2) is 6.04 Å². The molecular formula is C21H28N4O6S. The lowest BCUT2D eigenvalue weighted by Crippen LogP contribution is -2.65. The number of nitrogens with one attached hydrogen (secondary N) is 1. The van der Waals surface area contributed by atoms with Crippen LogP contribution in [0.1, 0.15) is 36.9 Å². The molecule has 0 unspecified atom stereocenters. The molecule has 3 aliphatic rings. The fraction of sp³-hybridized carbons (Fsp3) is 0.667. The predicted octanol–water partition coefficient (Wildman–Crippen LogP) is 0.0400. The van der Waals surface area contributed by atoms with Crippen molar-refractivity contribution in [2.75, 3.05) is 26.2 Å². The highest BCUT2D eigenvalue weighted by Gasteiger charge is 2.62. The van der Waals surface area contributed by atoms with Gasteiger partial charge in [0.1, 0.15) is 4.88 Å². The summed E-state index contributed by atoms with van der Waals surface area (Å²) in [7, 11) is 0. The maximum absolute atomic E-state index is 13.1. The summed E-state index contributed by atoms with van der Waals surface area (Å²) in [5, 5.41) is 21.5. The molecule has 3 fully saturated rings. The second kappa shape index (κ2) is 7.80. The number of likely N-dealkylation sites (tertiary alicyclic amines) is 2. The van der Waals surface area contributed by atoms with Crippen molar-refractivity contribution in [1.29, 1.82) is 0 Å². The Morgan fingerprint density at radius 3 is 2.31 bits per heavy atom. The Morgan fingerprint density at radius 1 is 1.19 bits per heavy atom. The Labute approximate surface area is 189 Å². The lowest BCUT2D eigenvalue weighted by Gasteiger charge is -2.50. The predicted molar refractivity (Wildman–Crippen MR) is 114 cm³/mol. The summed E-state index contributed by atoms with van der Waals surface area (Å²) in [4.78, 5) is 58.0. The molecule has 1 aromatic rings. The average Bonchev–Trinajstić information content (AvgIpc) is 3.11. The lowest BCUT2D eigenvalue weighted by atomic mass is 9.70. The number of aromatic nitrogens is 1. The number of thiazole rings is 1. The molecule has 0 bridgehead atoms. The summed E-state index contributed by atoms with van der Waals surface area (Å²) in [5.41, 5.74) is 0.914. The molecule has 0 aromatic carbocycles. The first-order chi connectivity index (χ1) is 14.9. The average molecular weight is 465 g/mol. The third-order valence-electron chi connectivity index (χ3n) is 7.08. The molecule has 10 nitrogen and oxygen atoms in total. The molecule has 3 N–H and O–H groups in total. The number of carboxylic acid groups (broad SMARTS) is 1. The van der Waals surface area contributed by atoms with Crippen LogP contribution in [0.5, 0.6) is 0 Å². The maximum Gasteiger partial charge on any atom is 0.328 e. The molecule has 1 saturated carbocycles. The van der Waals surface area contributed by atoms with Crippen molar-refractivity contribution in [3.8, 4) is 0 Å². The minimum absolute atomic E-state index is 0.00751. The summed E-state index contributed by atoms with van der Waals surface area (Å²) in [5.74, 6) is -2.73. The number of carbonyl (C=O) groups excluding carboxylic acids is 3. The molecule has 32 heavy (non-hydrogen) atoms. The van der Waals surface area contributed by atoms with Gasteiger partial charge in [-0.05, 0) is 18.8 Å². The highest BCUT2D eigenvalue weighted by Crippen LogP contribution is 2.54. The molecule has 4 atom stereocenters. The molecular weight excluding hydrogens is 436 g/mol. The van der Waals surface area contributed by atoms with Crippen LogP contribution in [0.15, 0.2) is 11.7 Å². The fourth-order valence-electron chi connectivity index (χ4n) is 4.90. The van der Waals surface area contributed by atoms with Crippen molar-refractivity contribution in [3.63, 3.8) is 0 Å². The van der Waals surface area contributed by atoms with Crippen LogP contribution in [-0.2, 0) is 14.4 Å². The normalized spacial score (nSPS) is 26.9. The molecule has 3 heterocycles. The number of nitrogens with zero attached hydrogens (tertiary/aromatic N) is 3. The Bertz CT molecular complexity index is 940. The van der Waals surface area contributed by atoms with Gasteiger partial charge in [0.2, 0.25) is 11.8 Å². The van der Waals surface area contributed by atoms with Crippen molar-refractivity contribution >= 4 is 35.0 Å². The SMILES string of the molecule is C[C@@H](O)[C@H](NC(=O)[C@@H]1CN(C(=O)c2cncs2)CC12CN(C(=O)[C@H]1CC1(C)C)C2)C(=O)O. The van der Waals surface area contributed by atoms with Crippen molar-refractivity contribution in [2.45, 2.75) is 39.3 Å². The van der Waals surface area contributed by atoms with E-state index in [4.69, 9.17) is 0 Å². The van der Waals surface area contributed by atoms with Gasteiger partial charge in [0.25, 0.3) is 5.91 Å². The second-order valence-corrected chi connectivity index (χ2v) is 10.9. The minimum Gasteiger partial charge on any atom is -0.480 e. The minimum atomic E-state index is -1.45. The number of amides is 3. The zero-order valence-electron chi connectivity index (χ0n) is 18.3. The van der Waals surface area contributed by atoms with Crippen LogP contribution in [0, 0.1) is 22.7 Å². The largest absolute Gasteiger partial charge is 0.480 e. The first-order valence-corrected chi connectivity index (χ1v) is 11.5. The zero-order chi connectivity index (χ0) is 23.4. The van der Waals surface area contributed by atoms with Gasteiger partial charge in [-0.3, -0.25) is 19.4 Å². The van der Waals surface area contributed by atoms with Crippen LogP contribution < -0.4 is 5.32 Å². The van der Waals surface area contributed by atoms with Crippen LogP contribution in [0.25, 0.3) is 0 Å². The van der Waals surface area contributed by atoms with Crippen molar-refractivity contribution in [1.82, 2.24) is 20.1 Å². The van der Waals surface area contributed by atoms with Gasteiger partial charge in [0, 0.05) is 37.5 Å². The zero-order valence-corrected chi connectivity index (χ0v) is 19.1. The van der Waals surface area contributed by atoms with Gasteiger partial charge in [-0.25, -0.2) is 4.79 Å². The maximum atomic E-state index is 13.1. The van der Waals surface area contributed by atoms with Gasteiger partial charge < -0.3 is 25.3 Å². The van der Waals surface area contributed by atoms with Crippen molar-refractivity contribution < 1.29 is 29.4 Å². The van der Waals surface area contributed by atoms with Crippen LogP contribution in [0.4, 0.5) is 0 Å². The molecule has 4 rings (SSSR count). The first-order valence-electron chi connectivity index (χ1n) is 10.6. The van der Waals surface area contributed by atoms with Crippen LogP contribution in [0.3, 0.4) is 0 Å². The summed E-state index contributed by atoms with van der Waals surface area (Å²) in [6.45, 7) is 6.50. The third-order valence-corrected chi connectivity index (χ3v) is 7.84. The topological polar surface area (TPSA) is 140 Å². The molecule has 2 aliphatic heterocycles. The quantitative estimate of drug-likeness (QED) is 0.540. The first kappa shape index (κ1) is 22.7. The van der Waals surface area contributed by atoms with Gasteiger partial charge in [-0.2, -0.15) is 0 Å². The number of hydrogen-bond donors (Lipinski definition) is 3. The van der Waals surface area contributed by atoms with Gasteiger partial charge in [-0.15, -0.1) is 11.3 Å². The van der Waals surface area contributed by atoms with Gasteiger partial charge in [0.05, 0.1) is 23.7 Å². The standard InChI is InChI=1S/C21H28N4O6S/c1-11(26)15(19(30)31)23-16(27)13-6-24(18(29)14-5-22-10-32-14)7-21(13)8-25(9-21)17(28)12-4-20(12,2)3/h5,10-13,15,26H,4,6-9H2,1-3H3,(H,23,27)(H,30,31)/t11-,12-,13+,15+/m1/s1. The summed E-state index contributed by atoms with van der Waals surface area (Å²) in [6, 6.07) is -1.45. The number of hydrogen-bond acceptors (Lipinski definition) is 7. The van der Waals surface area contributed by atoms with E-state index in [1.165, 1.54) is 24.5 Å². The van der Waals surface area contributed by atoms with Crippen LogP contribution in [-0.4, -0.2) is 87.0 Å². The van der Waals surface area contributed by atoms with E-state index in [-0.39, 0.29) is 29.7 Å². The Hall–Kier alpha value is -2.53. The molecule has 174 valence electrons. The molecule has 0 radical (unpaired) electrons. The van der Waals surface area contributed by atoms with E-state index in [9.17, 15) is 29.4 Å². The van der Waals surface area contributed by atoms with Gasteiger partial charge in [-0.1, -0.05) is 13.8 Å². The Balaban J connectivity index is 1.52. The monoisotopic (exact) mass is 464 g/mol. The summed E-state index contributed by atoms with van der Waals surface area (Å²) >= 11 is 1.21. The van der Waals surface area contributed by atoms with E-state index in [1.807, 2.05) is 0 Å². The van der Waals surface area contributed by atoms with E-state index < -0.39 is 35.4 Å². The molecule has 11 heteroatoms. The van der Waals surface area contributed by atoms with E-state index >= 15 is 0 Å².